The number of furan rings is 1. The molecule has 0 aliphatic carbocycles. The molecule has 2 aromatic carbocycles. The van der Waals surface area contributed by atoms with Crippen LogP contribution in [0.2, 0.25) is 0 Å². The molecule has 5 heteroatoms. The third-order valence-corrected chi connectivity index (χ3v) is 3.89. The maximum absolute atomic E-state index is 12.5. The molecule has 0 aliphatic rings. The summed E-state index contributed by atoms with van der Waals surface area (Å²) in [5, 5.41) is 12.8. The summed E-state index contributed by atoms with van der Waals surface area (Å²) in [6, 6.07) is 15.3. The molecule has 1 heterocycles. The third-order valence-electron chi connectivity index (χ3n) is 3.89. The number of benzene rings is 2. The largest absolute Gasteiger partial charge is 0.507 e. The quantitative estimate of drug-likeness (QED) is 0.682. The Balaban J connectivity index is 1.86. The number of aryl methyl sites for hydroxylation is 1. The van der Waals surface area contributed by atoms with Crippen LogP contribution in [0.3, 0.4) is 0 Å². The number of carbonyl (C=O) groups is 2. The van der Waals surface area contributed by atoms with Crippen LogP contribution in [-0.4, -0.2) is 17.3 Å². The Morgan fingerprint density at radius 2 is 1.88 bits per heavy atom. The molecule has 25 heavy (non-hydrogen) atoms. The van der Waals surface area contributed by atoms with Gasteiger partial charge in [0.25, 0.3) is 5.91 Å². The second-order valence-corrected chi connectivity index (χ2v) is 5.56. The van der Waals surface area contributed by atoms with Crippen LogP contribution in [0.25, 0.3) is 11.3 Å². The van der Waals surface area contributed by atoms with E-state index in [0.717, 1.165) is 6.42 Å². The SMILES string of the molecule is CCc1ccc(NC(=O)c2cc(-c3ccc(C=O)o3)ccc2O)cc1. The highest BCUT2D eigenvalue weighted by atomic mass is 16.3. The molecule has 3 rings (SSSR count). The lowest BCUT2D eigenvalue weighted by Gasteiger charge is -2.09. The van der Waals surface area contributed by atoms with Gasteiger partial charge in [-0.15, -0.1) is 0 Å². The van der Waals surface area contributed by atoms with E-state index in [-0.39, 0.29) is 17.1 Å². The first-order valence-corrected chi connectivity index (χ1v) is 7.89. The lowest BCUT2D eigenvalue weighted by atomic mass is 10.1. The summed E-state index contributed by atoms with van der Waals surface area (Å²) in [4.78, 5) is 23.2. The van der Waals surface area contributed by atoms with Gasteiger partial charge in [-0.05, 0) is 54.4 Å². The molecule has 1 amide bonds. The fraction of sp³-hybridized carbons (Fsp3) is 0.100. The van der Waals surface area contributed by atoms with Gasteiger partial charge in [-0.3, -0.25) is 9.59 Å². The number of carbonyl (C=O) groups excluding carboxylic acids is 2. The molecule has 0 atom stereocenters. The number of hydrogen-bond acceptors (Lipinski definition) is 4. The van der Waals surface area contributed by atoms with Crippen LogP contribution in [-0.2, 0) is 6.42 Å². The molecule has 5 nitrogen and oxygen atoms in total. The van der Waals surface area contributed by atoms with Gasteiger partial charge in [0.15, 0.2) is 12.0 Å². The average Bonchev–Trinajstić information content (AvgIpc) is 3.12. The molecule has 0 unspecified atom stereocenters. The van der Waals surface area contributed by atoms with Gasteiger partial charge in [0.1, 0.15) is 11.5 Å². The number of rotatable bonds is 5. The highest BCUT2D eigenvalue weighted by molar-refractivity contribution is 6.06. The molecule has 0 bridgehead atoms. The minimum Gasteiger partial charge on any atom is -0.507 e. The summed E-state index contributed by atoms with van der Waals surface area (Å²) < 4.78 is 5.36. The van der Waals surface area contributed by atoms with E-state index in [0.29, 0.717) is 23.3 Å². The van der Waals surface area contributed by atoms with Crippen molar-refractivity contribution in [3.63, 3.8) is 0 Å². The first-order valence-electron chi connectivity index (χ1n) is 7.89. The Kier molecular flexibility index (Phi) is 4.66. The van der Waals surface area contributed by atoms with Crippen LogP contribution in [0.1, 0.15) is 33.4 Å². The van der Waals surface area contributed by atoms with Crippen molar-refractivity contribution in [1.29, 1.82) is 0 Å². The summed E-state index contributed by atoms with van der Waals surface area (Å²) in [6.07, 6.45) is 1.53. The van der Waals surface area contributed by atoms with E-state index in [1.165, 1.54) is 17.7 Å². The van der Waals surface area contributed by atoms with E-state index in [9.17, 15) is 14.7 Å². The van der Waals surface area contributed by atoms with Gasteiger partial charge in [0.05, 0.1) is 5.56 Å². The molecule has 3 aromatic rings. The van der Waals surface area contributed by atoms with Crippen LogP contribution >= 0.6 is 0 Å². The van der Waals surface area contributed by atoms with Gasteiger partial charge in [-0.1, -0.05) is 19.1 Å². The van der Waals surface area contributed by atoms with Gasteiger partial charge >= 0.3 is 0 Å². The molecule has 1 aromatic heterocycles. The monoisotopic (exact) mass is 335 g/mol. The maximum atomic E-state index is 12.5. The zero-order chi connectivity index (χ0) is 17.8. The highest BCUT2D eigenvalue weighted by Gasteiger charge is 2.14. The smallest absolute Gasteiger partial charge is 0.259 e. The second kappa shape index (κ2) is 7.05. The number of amides is 1. The first kappa shape index (κ1) is 16.5. The van der Waals surface area contributed by atoms with E-state index < -0.39 is 5.91 Å². The van der Waals surface area contributed by atoms with Crippen molar-refractivity contribution < 1.29 is 19.1 Å². The van der Waals surface area contributed by atoms with E-state index in [2.05, 4.69) is 12.2 Å². The normalized spacial score (nSPS) is 10.4. The summed E-state index contributed by atoms with van der Waals surface area (Å²) >= 11 is 0. The van der Waals surface area contributed by atoms with Crippen molar-refractivity contribution >= 4 is 17.9 Å². The molecular weight excluding hydrogens is 318 g/mol. The number of hydrogen-bond donors (Lipinski definition) is 2. The molecule has 0 saturated heterocycles. The molecule has 0 aliphatic heterocycles. The van der Waals surface area contributed by atoms with Crippen molar-refractivity contribution in [3.8, 4) is 17.1 Å². The van der Waals surface area contributed by atoms with E-state index in [1.54, 1.807) is 18.2 Å². The van der Waals surface area contributed by atoms with E-state index in [1.807, 2.05) is 24.3 Å². The van der Waals surface area contributed by atoms with E-state index >= 15 is 0 Å². The molecule has 126 valence electrons. The topological polar surface area (TPSA) is 79.5 Å². The van der Waals surface area contributed by atoms with Gasteiger partial charge in [0.2, 0.25) is 0 Å². The minimum atomic E-state index is -0.425. The van der Waals surface area contributed by atoms with Crippen molar-refractivity contribution in [2.75, 3.05) is 5.32 Å². The summed E-state index contributed by atoms with van der Waals surface area (Å²) in [5.41, 5.74) is 2.54. The van der Waals surface area contributed by atoms with Crippen LogP contribution in [0, 0.1) is 0 Å². The average molecular weight is 335 g/mol. The number of phenolic OH excluding ortho intramolecular Hbond substituents is 1. The summed E-state index contributed by atoms with van der Waals surface area (Å²) in [5.74, 6) is 0.0906. The Labute approximate surface area is 144 Å². The lowest BCUT2D eigenvalue weighted by molar-refractivity contribution is 0.102. The summed E-state index contributed by atoms with van der Waals surface area (Å²) in [6.45, 7) is 2.06. The molecule has 0 spiro atoms. The molecule has 0 saturated carbocycles. The number of aromatic hydroxyl groups is 1. The number of aldehydes is 1. The Bertz CT molecular complexity index is 910. The van der Waals surface area contributed by atoms with Crippen molar-refractivity contribution in [2.24, 2.45) is 0 Å². The zero-order valence-corrected chi connectivity index (χ0v) is 13.7. The summed E-state index contributed by atoms with van der Waals surface area (Å²) in [7, 11) is 0. The van der Waals surface area contributed by atoms with Crippen molar-refractivity contribution in [2.45, 2.75) is 13.3 Å². The van der Waals surface area contributed by atoms with E-state index in [4.69, 9.17) is 4.42 Å². The van der Waals surface area contributed by atoms with Gasteiger partial charge in [0, 0.05) is 11.3 Å². The van der Waals surface area contributed by atoms with Crippen LogP contribution < -0.4 is 5.32 Å². The van der Waals surface area contributed by atoms with Gasteiger partial charge < -0.3 is 14.8 Å². The fourth-order valence-electron chi connectivity index (χ4n) is 2.46. The highest BCUT2D eigenvalue weighted by Crippen LogP contribution is 2.28. The molecule has 2 N–H and O–H groups in total. The number of anilines is 1. The van der Waals surface area contributed by atoms with Crippen LogP contribution in [0.4, 0.5) is 5.69 Å². The van der Waals surface area contributed by atoms with Crippen LogP contribution in [0.15, 0.2) is 59.0 Å². The molecule has 0 fully saturated rings. The second-order valence-electron chi connectivity index (χ2n) is 5.56. The number of phenols is 1. The van der Waals surface area contributed by atoms with Crippen LogP contribution in [0.5, 0.6) is 5.75 Å². The molecule has 0 radical (unpaired) electrons. The predicted molar refractivity (Wildman–Crippen MR) is 95.0 cm³/mol. The Morgan fingerprint density at radius 3 is 2.52 bits per heavy atom. The Hall–Kier alpha value is -3.34. The van der Waals surface area contributed by atoms with Gasteiger partial charge in [-0.25, -0.2) is 0 Å². The minimum absolute atomic E-state index is 0.126. The number of nitrogens with one attached hydrogen (secondary N) is 1. The maximum Gasteiger partial charge on any atom is 0.259 e. The standard InChI is InChI=1S/C20H17NO4/c1-2-13-3-6-15(7-4-13)21-20(24)17-11-14(5-9-18(17)23)19-10-8-16(12-22)25-19/h3-12,23H,2H2,1H3,(H,21,24). The molecular formula is C20H17NO4. The van der Waals surface area contributed by atoms with Crippen molar-refractivity contribution in [3.05, 3.63) is 71.5 Å². The predicted octanol–water partition coefficient (Wildman–Crippen LogP) is 4.28. The lowest BCUT2D eigenvalue weighted by Crippen LogP contribution is -2.12. The Morgan fingerprint density at radius 1 is 1.12 bits per heavy atom. The third kappa shape index (κ3) is 3.61. The fourth-order valence-corrected chi connectivity index (χ4v) is 2.46. The van der Waals surface area contributed by atoms with Gasteiger partial charge in [-0.2, -0.15) is 0 Å². The first-order chi connectivity index (χ1) is 12.1. The zero-order valence-electron chi connectivity index (χ0n) is 13.7. The van der Waals surface area contributed by atoms with Crippen molar-refractivity contribution in [1.82, 2.24) is 0 Å².